The molecule has 0 saturated carbocycles. The minimum atomic E-state index is -0.974. The van der Waals surface area contributed by atoms with Crippen molar-refractivity contribution in [2.75, 3.05) is 14.2 Å². The van der Waals surface area contributed by atoms with Crippen molar-refractivity contribution in [2.24, 2.45) is 0 Å². The number of hydrogen-bond acceptors (Lipinski definition) is 8. The first-order chi connectivity index (χ1) is 18.8. The third kappa shape index (κ3) is 12.9. The zero-order valence-corrected chi connectivity index (χ0v) is 21.2. The van der Waals surface area contributed by atoms with E-state index in [1.165, 1.54) is 38.5 Å². The molecule has 39 heavy (non-hydrogen) atoms. The van der Waals surface area contributed by atoms with Gasteiger partial charge in [-0.1, -0.05) is 60.7 Å². The Kier molecular flexibility index (Phi) is 14.5. The number of methoxy groups -OCH3 is 2. The van der Waals surface area contributed by atoms with Gasteiger partial charge in [0.2, 0.25) is 0 Å². The normalized spacial score (nSPS) is 9.79. The first-order valence-corrected chi connectivity index (χ1v) is 11.2. The quantitative estimate of drug-likeness (QED) is 0.252. The van der Waals surface area contributed by atoms with Crippen molar-refractivity contribution in [2.45, 2.75) is 0 Å². The molecule has 0 radical (unpaired) electrons. The van der Waals surface area contributed by atoms with Crippen molar-refractivity contribution in [3.63, 3.8) is 0 Å². The molecule has 9 heteroatoms. The van der Waals surface area contributed by atoms with Gasteiger partial charge >= 0.3 is 17.9 Å². The molecule has 3 aromatic carbocycles. The van der Waals surface area contributed by atoms with Crippen molar-refractivity contribution in [1.29, 1.82) is 0 Å². The Morgan fingerprint density at radius 1 is 0.538 bits per heavy atom. The Labute approximate surface area is 225 Å². The van der Waals surface area contributed by atoms with Crippen LogP contribution in [0.1, 0.15) is 52.6 Å². The van der Waals surface area contributed by atoms with E-state index >= 15 is 0 Å². The van der Waals surface area contributed by atoms with Gasteiger partial charge in [-0.25, -0.2) is 14.4 Å². The zero-order valence-electron chi connectivity index (χ0n) is 21.2. The van der Waals surface area contributed by atoms with E-state index in [9.17, 15) is 28.8 Å². The zero-order chi connectivity index (χ0) is 29.0. The maximum atomic E-state index is 10.8. The molecule has 0 fully saturated rings. The van der Waals surface area contributed by atoms with Crippen LogP contribution in [0.2, 0.25) is 0 Å². The van der Waals surface area contributed by atoms with Gasteiger partial charge in [0, 0.05) is 28.8 Å². The summed E-state index contributed by atoms with van der Waals surface area (Å²) < 4.78 is 8.85. The Bertz CT molecular complexity index is 1280. The summed E-state index contributed by atoms with van der Waals surface area (Å²) in [5.41, 5.74) is 3.59. The van der Waals surface area contributed by atoms with E-state index in [0.717, 1.165) is 30.0 Å². The van der Waals surface area contributed by atoms with E-state index < -0.39 is 17.9 Å². The van der Waals surface area contributed by atoms with Crippen molar-refractivity contribution in [3.8, 4) is 0 Å². The molecule has 0 aliphatic heterocycles. The van der Waals surface area contributed by atoms with Gasteiger partial charge < -0.3 is 14.6 Å². The van der Waals surface area contributed by atoms with Gasteiger partial charge in [0.1, 0.15) is 18.9 Å². The molecule has 200 valence electrons. The predicted molar refractivity (Wildman–Crippen MR) is 145 cm³/mol. The number of benzene rings is 3. The standard InChI is InChI=1S/C11H10O4.C11H10O3.C8H6O2/c1-15-10(12)7-4-8-2-5-9(6-3-8)11(13)14;1-14-11(13)7-6-9-2-4-10(8-12)5-3-9;9-5-7-1-2-8(6-10)4-3-7/h2-7H,1H3,(H,13,14);2-8H,1H3;1-6H/b7-4+;7-6+;. The maximum Gasteiger partial charge on any atom is 0.335 e. The molecule has 0 spiro atoms. The molecule has 0 amide bonds. The molecule has 0 bridgehead atoms. The second kappa shape index (κ2) is 17.9. The smallest absolute Gasteiger partial charge is 0.335 e. The highest BCUT2D eigenvalue weighted by Gasteiger charge is 2.00. The molecule has 0 atom stereocenters. The molecule has 3 aromatic rings. The molecule has 0 saturated heterocycles. The molecule has 0 aliphatic carbocycles. The molecule has 0 unspecified atom stereocenters. The van der Waals surface area contributed by atoms with E-state index in [-0.39, 0.29) is 5.56 Å². The fraction of sp³-hybridized carbons (Fsp3) is 0.0667. The van der Waals surface area contributed by atoms with Crippen LogP contribution in [-0.2, 0) is 19.1 Å². The highest BCUT2D eigenvalue weighted by atomic mass is 16.5. The number of carboxylic acid groups (broad SMARTS) is 1. The fourth-order valence-corrected chi connectivity index (χ4v) is 2.54. The van der Waals surface area contributed by atoms with Gasteiger partial charge in [-0.05, 0) is 35.4 Å². The monoisotopic (exact) mass is 530 g/mol. The number of ether oxygens (including phenoxy) is 2. The minimum Gasteiger partial charge on any atom is -0.478 e. The summed E-state index contributed by atoms with van der Waals surface area (Å²) in [6.45, 7) is 0. The molecule has 0 heterocycles. The number of aldehydes is 3. The van der Waals surface area contributed by atoms with Crippen LogP contribution >= 0.6 is 0 Å². The molecule has 9 nitrogen and oxygen atoms in total. The Morgan fingerprint density at radius 3 is 1.08 bits per heavy atom. The topological polar surface area (TPSA) is 141 Å². The number of carbonyl (C=O) groups excluding carboxylic acids is 5. The molecule has 0 aliphatic rings. The van der Waals surface area contributed by atoms with Gasteiger partial charge in [-0.3, -0.25) is 14.4 Å². The predicted octanol–water partition coefficient (Wildman–Crippen LogP) is 4.57. The first-order valence-electron chi connectivity index (χ1n) is 11.2. The summed E-state index contributed by atoms with van der Waals surface area (Å²) in [5, 5.41) is 8.64. The van der Waals surface area contributed by atoms with E-state index in [4.69, 9.17) is 5.11 Å². The summed E-state index contributed by atoms with van der Waals surface area (Å²) >= 11 is 0. The second-order valence-corrected chi connectivity index (χ2v) is 7.33. The number of rotatable bonds is 8. The average Bonchev–Trinajstić information content (AvgIpc) is 2.99. The lowest BCUT2D eigenvalue weighted by atomic mass is 10.1. The van der Waals surface area contributed by atoms with Gasteiger partial charge in [0.05, 0.1) is 19.8 Å². The molecule has 1 N–H and O–H groups in total. The van der Waals surface area contributed by atoms with Crippen LogP contribution in [-0.4, -0.2) is 56.1 Å². The summed E-state index contributed by atoms with van der Waals surface area (Å²) in [6, 6.07) is 19.5. The maximum absolute atomic E-state index is 10.8. The number of esters is 2. The van der Waals surface area contributed by atoms with Crippen molar-refractivity contribution < 1.29 is 43.3 Å². The lowest BCUT2D eigenvalue weighted by molar-refractivity contribution is -0.135. The Hall–Kier alpha value is -5.44. The fourth-order valence-electron chi connectivity index (χ4n) is 2.54. The van der Waals surface area contributed by atoms with Crippen molar-refractivity contribution in [1.82, 2.24) is 0 Å². The van der Waals surface area contributed by atoms with Gasteiger partial charge in [0.25, 0.3) is 0 Å². The molecule has 3 rings (SSSR count). The molecular formula is C30H26O9. The van der Waals surface area contributed by atoms with Crippen LogP contribution < -0.4 is 0 Å². The van der Waals surface area contributed by atoms with Gasteiger partial charge in [-0.15, -0.1) is 0 Å². The third-order valence-corrected chi connectivity index (χ3v) is 4.66. The number of carboxylic acids is 1. The van der Waals surface area contributed by atoms with E-state index in [1.54, 1.807) is 72.8 Å². The highest BCUT2D eigenvalue weighted by Crippen LogP contribution is 2.06. The van der Waals surface area contributed by atoms with Crippen LogP contribution in [0.25, 0.3) is 12.2 Å². The highest BCUT2D eigenvalue weighted by molar-refractivity contribution is 5.89. The van der Waals surface area contributed by atoms with Crippen LogP contribution in [0.15, 0.2) is 84.9 Å². The third-order valence-electron chi connectivity index (χ3n) is 4.66. The summed E-state index contributed by atoms with van der Waals surface area (Å²) in [4.78, 5) is 62.6. The van der Waals surface area contributed by atoms with Crippen LogP contribution in [0.5, 0.6) is 0 Å². The van der Waals surface area contributed by atoms with Crippen molar-refractivity contribution in [3.05, 3.63) is 118 Å². The first kappa shape index (κ1) is 31.6. The Balaban J connectivity index is 0.000000298. The Morgan fingerprint density at radius 2 is 0.821 bits per heavy atom. The van der Waals surface area contributed by atoms with Crippen molar-refractivity contribution >= 4 is 48.9 Å². The molecule has 0 aromatic heterocycles. The van der Waals surface area contributed by atoms with Gasteiger partial charge in [0.15, 0.2) is 0 Å². The lowest BCUT2D eigenvalue weighted by Crippen LogP contribution is -1.95. The number of hydrogen-bond donors (Lipinski definition) is 1. The summed E-state index contributed by atoms with van der Waals surface area (Å²) in [6.07, 6.45) is 8.04. The van der Waals surface area contributed by atoms with Crippen LogP contribution in [0.4, 0.5) is 0 Å². The number of carbonyl (C=O) groups is 6. The van der Waals surface area contributed by atoms with E-state index in [2.05, 4.69) is 9.47 Å². The summed E-state index contributed by atoms with van der Waals surface area (Å²) in [5.74, 6) is -1.82. The molecular weight excluding hydrogens is 504 g/mol. The van der Waals surface area contributed by atoms with E-state index in [0.29, 0.717) is 16.7 Å². The average molecular weight is 531 g/mol. The minimum absolute atomic E-state index is 0.213. The van der Waals surface area contributed by atoms with Crippen LogP contribution in [0.3, 0.4) is 0 Å². The SMILES string of the molecule is COC(=O)/C=C/c1ccc(C(=O)O)cc1.COC(=O)/C=C/c1ccc(C=O)cc1.O=Cc1ccc(C=O)cc1. The second-order valence-electron chi connectivity index (χ2n) is 7.33. The van der Waals surface area contributed by atoms with Gasteiger partial charge in [-0.2, -0.15) is 0 Å². The summed E-state index contributed by atoms with van der Waals surface area (Å²) in [7, 11) is 2.61. The lowest BCUT2D eigenvalue weighted by Gasteiger charge is -1.95. The largest absolute Gasteiger partial charge is 0.478 e. The van der Waals surface area contributed by atoms with Crippen LogP contribution in [0, 0.1) is 0 Å². The van der Waals surface area contributed by atoms with E-state index in [1.807, 2.05) is 0 Å². The number of aromatic carboxylic acids is 1.